The fraction of sp³-hybridized carbons (Fsp3) is 0.918. The lowest BCUT2D eigenvalue weighted by molar-refractivity contribution is -0.383. The first-order valence-corrected chi connectivity index (χ1v) is 41.4. The summed E-state index contributed by atoms with van der Waals surface area (Å²) in [5, 5.41) is 295. The second kappa shape index (κ2) is 46.7. The van der Waals surface area contributed by atoms with Gasteiger partial charge >= 0.3 is 0 Å². The molecule has 56 heteroatoms. The lowest BCUT2D eigenvalue weighted by Crippen LogP contribution is -2.71. The quantitative estimate of drug-likeness (QED) is 0.0284. The average Bonchev–Trinajstić information content (AvgIpc) is 0.761. The first kappa shape index (κ1) is 106. The number of rotatable bonds is 34. The first-order chi connectivity index (χ1) is 61.0. The number of ether oxygens (including phenoxy) is 19. The minimum atomic E-state index is -2.33. The van der Waals surface area contributed by atoms with E-state index in [0.717, 1.165) is 41.5 Å². The van der Waals surface area contributed by atoms with Crippen molar-refractivity contribution in [1.82, 2.24) is 31.9 Å². The molecule has 56 nitrogen and oxygen atoms in total. The van der Waals surface area contributed by atoms with Crippen LogP contribution in [0.25, 0.3) is 0 Å². The number of aliphatic hydroxyl groups is 25. The molecule has 0 radical (unpaired) electrons. The van der Waals surface area contributed by atoms with Gasteiger partial charge in [-0.1, -0.05) is 0 Å². The Hall–Kier alpha value is -4.94. The van der Waals surface area contributed by atoms with Crippen molar-refractivity contribution in [2.45, 2.75) is 355 Å². The zero-order valence-electron chi connectivity index (χ0n) is 70.3. The minimum Gasteiger partial charge on any atom is -0.394 e. The summed E-state index contributed by atoms with van der Waals surface area (Å²) in [5.41, 5.74) is 0. The molecule has 0 aliphatic carbocycles. The van der Waals surface area contributed by atoms with Gasteiger partial charge < -0.3 is 250 Å². The van der Waals surface area contributed by atoms with Crippen LogP contribution in [0.15, 0.2) is 0 Å². The lowest BCUT2D eigenvalue weighted by atomic mass is 9.92. The highest BCUT2D eigenvalue weighted by Gasteiger charge is 2.62. The molecule has 744 valence electrons. The van der Waals surface area contributed by atoms with Crippen molar-refractivity contribution in [1.29, 1.82) is 0 Å². The van der Waals surface area contributed by atoms with E-state index in [2.05, 4.69) is 31.9 Å². The number of nitrogens with one attached hydrogen (secondary N) is 6. The summed E-state index contributed by atoms with van der Waals surface area (Å²) >= 11 is 0. The van der Waals surface area contributed by atoms with Gasteiger partial charge in [-0.25, -0.2) is 0 Å². The van der Waals surface area contributed by atoms with Gasteiger partial charge in [-0.2, -0.15) is 0 Å². The predicted molar refractivity (Wildman–Crippen MR) is 403 cm³/mol. The predicted octanol–water partition coefficient (Wildman–Crippen LogP) is -20.9. The monoisotopic (exact) mass is 1880 g/mol. The molecule has 10 fully saturated rings. The standard InChI is InChI=1S/C73H122N6O50/c1-18-35(74-19(2)89)60(125-73-56(110)64(46(100)30(13-85)118-73)129-69-40(79-24(7)94)52(106)59(33(16-88)121-69)124-72-54(108)62(44(98)28(11-83)117-72)127-67-37(76-21(4)91)49(103)42(96)26(9-81)114-67)47(101)34(112-18)17-111-65-38(77-22(5)92)50(104)57(31(14-86)119-65)122-70-55(109)63(45(99)29(12-84)115-70)128-68-39(78-23(6)93)51(105)58(32(15-87)120-68)123-71-53(107)61(43(97)27(10-82)116-71)126-66-36(75-20(3)90)48(102)41(95)25(8-80)113-66/h18,25-73,80-88,95-110H,8-17H2,1-7H3,(H,74,89)(H,75,90)(H,76,91)(H,77,92)(H,78,93)(H,79,94)/t18-,25?,26?,27?,28?,29?,30?,31?,32?,33?,34?,35?,36?,37?,38?,39?,40?,41+,42+,43-,44-,45-,46-,47-,48+,49+,50+,51+,52+,53?,54?,55?,56?,57+,58+,59+,60+,61-,62-,63-,64-,65+,66-,67-,68-,69-,70-,71-,72-,73-/m0/s1. The molecule has 0 spiro atoms. The first-order valence-electron chi connectivity index (χ1n) is 41.4. The van der Waals surface area contributed by atoms with E-state index >= 15 is 0 Å². The Labute approximate surface area is 732 Å². The third kappa shape index (κ3) is 24.0. The number of carbonyl (C=O) groups is 6. The highest BCUT2D eigenvalue weighted by Crippen LogP contribution is 2.41. The summed E-state index contributed by atoms with van der Waals surface area (Å²) in [6, 6.07) is -10.3. The van der Waals surface area contributed by atoms with Gasteiger partial charge in [0.05, 0.1) is 78.2 Å². The number of amides is 6. The van der Waals surface area contributed by atoms with Crippen LogP contribution < -0.4 is 31.9 Å². The molecule has 50 atom stereocenters. The van der Waals surface area contributed by atoms with E-state index in [1.807, 2.05) is 0 Å². The van der Waals surface area contributed by atoms with E-state index in [4.69, 9.17) is 90.0 Å². The zero-order valence-corrected chi connectivity index (χ0v) is 70.3. The molecule has 6 amide bonds. The van der Waals surface area contributed by atoms with E-state index in [1.54, 1.807) is 0 Å². The molecule has 0 saturated carbocycles. The van der Waals surface area contributed by atoms with E-state index in [0.29, 0.717) is 0 Å². The Morgan fingerprint density at radius 2 is 0.403 bits per heavy atom. The fourth-order valence-corrected chi connectivity index (χ4v) is 17.0. The number of hydrogen-bond donors (Lipinski definition) is 31. The number of carbonyl (C=O) groups excluding carboxylic acids is 6. The molecule has 31 N–H and O–H groups in total. The van der Waals surface area contributed by atoms with Crippen molar-refractivity contribution in [3.63, 3.8) is 0 Å². The largest absolute Gasteiger partial charge is 0.394 e. The molecule has 0 bridgehead atoms. The molecule has 0 aromatic rings. The normalized spacial score (nSPS) is 47.5. The van der Waals surface area contributed by atoms with Crippen molar-refractivity contribution >= 4 is 35.4 Å². The molecule has 10 rings (SSSR count). The molecular formula is C73H122N6O50. The van der Waals surface area contributed by atoms with Crippen molar-refractivity contribution in [2.24, 2.45) is 0 Å². The summed E-state index contributed by atoms with van der Waals surface area (Å²) in [4.78, 5) is 76.3. The van der Waals surface area contributed by atoms with Gasteiger partial charge in [-0.15, -0.1) is 0 Å². The summed E-state index contributed by atoms with van der Waals surface area (Å²) in [5.74, 6) is -5.06. The van der Waals surface area contributed by atoms with Crippen molar-refractivity contribution < 1.29 is 246 Å². The Morgan fingerprint density at radius 3 is 0.659 bits per heavy atom. The smallest absolute Gasteiger partial charge is 0.217 e. The average molecular weight is 1880 g/mol. The van der Waals surface area contributed by atoms with Gasteiger partial charge in [-0.3, -0.25) is 28.8 Å². The molecular weight excluding hydrogens is 1760 g/mol. The molecule has 0 aromatic heterocycles. The summed E-state index contributed by atoms with van der Waals surface area (Å²) in [7, 11) is 0. The van der Waals surface area contributed by atoms with Crippen molar-refractivity contribution in [3.05, 3.63) is 0 Å². The second-order valence-electron chi connectivity index (χ2n) is 32.8. The van der Waals surface area contributed by atoms with Crippen LogP contribution in [0.5, 0.6) is 0 Å². The van der Waals surface area contributed by atoms with Crippen molar-refractivity contribution in [3.8, 4) is 0 Å². The minimum absolute atomic E-state index is 0.760. The topological polar surface area (TPSA) is 856 Å². The van der Waals surface area contributed by atoms with Crippen LogP contribution in [-0.2, 0) is 119 Å². The van der Waals surface area contributed by atoms with Gasteiger partial charge in [0.15, 0.2) is 56.6 Å². The van der Waals surface area contributed by atoms with E-state index in [-0.39, 0.29) is 0 Å². The maximum Gasteiger partial charge on any atom is 0.217 e. The summed E-state index contributed by atoms with van der Waals surface area (Å²) in [6.07, 6.45) is -86.2. The summed E-state index contributed by atoms with van der Waals surface area (Å²) in [6.45, 7) is -2.95. The third-order valence-corrected chi connectivity index (χ3v) is 23.5. The molecule has 10 aliphatic rings. The van der Waals surface area contributed by atoms with Crippen LogP contribution in [0.2, 0.25) is 0 Å². The third-order valence-electron chi connectivity index (χ3n) is 23.5. The number of aliphatic hydroxyl groups excluding tert-OH is 25. The van der Waals surface area contributed by atoms with E-state index in [1.165, 1.54) is 6.92 Å². The van der Waals surface area contributed by atoms with Crippen LogP contribution in [0.4, 0.5) is 0 Å². The van der Waals surface area contributed by atoms with Crippen molar-refractivity contribution in [2.75, 3.05) is 66.1 Å². The molecule has 0 aromatic carbocycles. The van der Waals surface area contributed by atoms with Crippen LogP contribution in [-0.4, -0.2) is 536 Å². The Morgan fingerprint density at radius 1 is 0.209 bits per heavy atom. The molecule has 129 heavy (non-hydrogen) atoms. The van der Waals surface area contributed by atoms with Crippen LogP contribution in [0.1, 0.15) is 48.5 Å². The van der Waals surface area contributed by atoms with Gasteiger partial charge in [-0.05, 0) is 6.92 Å². The molecule has 10 saturated heterocycles. The SMILES string of the molecule is CC(=O)NC1[C@H](O[C@@H]2C(O)[C@H](O[C@@H]3C(CO)O[C@@H](O[C@@H]4C(O)[C@H](O[C@@H]5C(CO)O[C@@H](OCC6O[C@@H](C)C(NC(C)=O)[C@@H](O[C@@H]7OC(CO)[C@H](O)[C@H](O[C@@H]8OC(CO)[C@@H](O[C@@H]9OC(CO)[C@H](O)[C@H](O[C@@H]%10OC(CO)[C@@H](O)[C@H](O)C%10NC(C)=O)C9O)[C@H](O)C8NC(C)=O)C7O)[C@H]6O)C(NC(C)=O)[C@H]5O)OC(CO)[C@@H]4O)C(NC(C)=O)[C@H]3O)OC(CO)[C@@H]2O)OC(CO)[C@@H](O)[C@@H]1O. The Kier molecular flexibility index (Phi) is 38.4. The number of hydrogen-bond acceptors (Lipinski definition) is 50. The summed E-state index contributed by atoms with van der Waals surface area (Å²) < 4.78 is 113. The molecule has 10 heterocycles. The van der Waals surface area contributed by atoms with E-state index in [9.17, 15) is 156 Å². The van der Waals surface area contributed by atoms with Crippen LogP contribution in [0.3, 0.4) is 0 Å². The van der Waals surface area contributed by atoms with Gasteiger partial charge in [0.25, 0.3) is 0 Å². The van der Waals surface area contributed by atoms with Crippen LogP contribution >= 0.6 is 0 Å². The highest BCUT2D eigenvalue weighted by molar-refractivity contribution is 5.75. The Balaban J connectivity index is 0.818. The van der Waals surface area contributed by atoms with E-state index < -0.39 is 408 Å². The Bertz CT molecular complexity index is 3570. The molecule has 20 unspecified atom stereocenters. The lowest BCUT2D eigenvalue weighted by Gasteiger charge is -2.51. The molecule has 10 aliphatic heterocycles. The van der Waals surface area contributed by atoms with Gasteiger partial charge in [0.1, 0.15) is 238 Å². The van der Waals surface area contributed by atoms with Gasteiger partial charge in [0.2, 0.25) is 35.4 Å². The maximum atomic E-state index is 13.0. The second-order valence-corrected chi connectivity index (χ2v) is 32.8. The van der Waals surface area contributed by atoms with Crippen LogP contribution in [0, 0.1) is 0 Å². The van der Waals surface area contributed by atoms with Gasteiger partial charge in [0, 0.05) is 41.5 Å². The maximum absolute atomic E-state index is 13.0. The zero-order chi connectivity index (χ0) is 95.1. The fourth-order valence-electron chi connectivity index (χ4n) is 17.0. The highest BCUT2D eigenvalue weighted by atomic mass is 16.8.